The molecule has 128 valence electrons. The van der Waals surface area contributed by atoms with Crippen LogP contribution in [0, 0.1) is 17.0 Å². The molecule has 0 radical (unpaired) electrons. The van der Waals surface area contributed by atoms with Gasteiger partial charge in [-0.25, -0.2) is 9.97 Å². The Morgan fingerprint density at radius 2 is 2.17 bits per heavy atom. The number of nitrogens with one attached hydrogen (secondary N) is 1. The fourth-order valence-corrected chi connectivity index (χ4v) is 2.44. The summed E-state index contributed by atoms with van der Waals surface area (Å²) in [5, 5.41) is 24.2. The van der Waals surface area contributed by atoms with Crippen molar-refractivity contribution in [2.24, 2.45) is 0 Å². The van der Waals surface area contributed by atoms with Crippen molar-refractivity contribution in [3.05, 3.63) is 45.2 Å². The van der Waals surface area contributed by atoms with Gasteiger partial charge in [-0.15, -0.1) is 0 Å². The topological polar surface area (TPSA) is 104 Å². The van der Waals surface area contributed by atoms with E-state index in [1.165, 1.54) is 6.33 Å². The van der Waals surface area contributed by atoms with Crippen LogP contribution in [0.3, 0.4) is 0 Å². The SMILES string of the molecule is CCN(CCO)c1ncnc(Nc2cccc(Cl)c2C)c1[N+](=O)[O-]. The molecule has 2 rings (SSSR count). The molecule has 9 heteroatoms. The van der Waals surface area contributed by atoms with Crippen LogP contribution in [0.5, 0.6) is 0 Å². The van der Waals surface area contributed by atoms with Gasteiger partial charge in [0.25, 0.3) is 0 Å². The fraction of sp³-hybridized carbons (Fsp3) is 0.333. The molecule has 0 amide bonds. The minimum atomic E-state index is -0.530. The number of hydrogen-bond acceptors (Lipinski definition) is 7. The minimum absolute atomic E-state index is 0.0757. The van der Waals surface area contributed by atoms with Crippen LogP contribution in [-0.4, -0.2) is 39.7 Å². The van der Waals surface area contributed by atoms with Crippen molar-refractivity contribution in [3.63, 3.8) is 0 Å². The van der Waals surface area contributed by atoms with E-state index in [-0.39, 0.29) is 30.5 Å². The summed E-state index contributed by atoms with van der Waals surface area (Å²) >= 11 is 6.09. The van der Waals surface area contributed by atoms with E-state index in [4.69, 9.17) is 16.7 Å². The number of nitro groups is 1. The number of rotatable bonds is 7. The van der Waals surface area contributed by atoms with E-state index in [1.54, 1.807) is 23.1 Å². The fourth-order valence-electron chi connectivity index (χ4n) is 2.27. The summed E-state index contributed by atoms with van der Waals surface area (Å²) in [6, 6.07) is 5.25. The van der Waals surface area contributed by atoms with Gasteiger partial charge in [-0.05, 0) is 31.5 Å². The van der Waals surface area contributed by atoms with Crippen LogP contribution in [0.1, 0.15) is 12.5 Å². The molecule has 2 aromatic rings. The lowest BCUT2D eigenvalue weighted by atomic mass is 10.2. The van der Waals surface area contributed by atoms with E-state index in [2.05, 4.69) is 15.3 Å². The maximum Gasteiger partial charge on any atom is 0.353 e. The second-order valence-corrected chi connectivity index (χ2v) is 5.40. The Morgan fingerprint density at radius 1 is 1.42 bits per heavy atom. The average Bonchev–Trinajstić information content (AvgIpc) is 2.56. The predicted molar refractivity (Wildman–Crippen MR) is 93.1 cm³/mol. The Morgan fingerprint density at radius 3 is 2.79 bits per heavy atom. The number of hydrogen-bond donors (Lipinski definition) is 2. The Balaban J connectivity index is 2.50. The molecule has 0 unspecified atom stereocenters. The van der Waals surface area contributed by atoms with Crippen LogP contribution >= 0.6 is 11.6 Å². The molecule has 2 N–H and O–H groups in total. The van der Waals surface area contributed by atoms with E-state index < -0.39 is 4.92 Å². The number of anilines is 3. The quantitative estimate of drug-likeness (QED) is 0.583. The van der Waals surface area contributed by atoms with Gasteiger partial charge in [0.1, 0.15) is 6.33 Å². The first-order valence-electron chi connectivity index (χ1n) is 7.36. The average molecular weight is 352 g/mol. The highest BCUT2D eigenvalue weighted by molar-refractivity contribution is 6.31. The van der Waals surface area contributed by atoms with E-state index in [0.717, 1.165) is 5.56 Å². The first kappa shape index (κ1) is 17.9. The van der Waals surface area contributed by atoms with E-state index in [0.29, 0.717) is 17.3 Å². The van der Waals surface area contributed by atoms with Crippen LogP contribution in [0.4, 0.5) is 23.0 Å². The Hall–Kier alpha value is -2.45. The van der Waals surface area contributed by atoms with Gasteiger partial charge < -0.3 is 15.3 Å². The van der Waals surface area contributed by atoms with Crippen molar-refractivity contribution >= 4 is 34.6 Å². The third-order valence-corrected chi connectivity index (χ3v) is 3.97. The van der Waals surface area contributed by atoms with Crippen LogP contribution in [0.15, 0.2) is 24.5 Å². The van der Waals surface area contributed by atoms with Gasteiger partial charge in [-0.2, -0.15) is 0 Å². The van der Waals surface area contributed by atoms with Gasteiger partial charge in [-0.1, -0.05) is 17.7 Å². The number of halogens is 1. The van der Waals surface area contributed by atoms with Gasteiger partial charge in [0, 0.05) is 23.8 Å². The molecular formula is C15H18ClN5O3. The number of aromatic nitrogens is 2. The van der Waals surface area contributed by atoms with Crippen molar-refractivity contribution in [1.82, 2.24) is 9.97 Å². The Bertz CT molecular complexity index is 741. The summed E-state index contributed by atoms with van der Waals surface area (Å²) in [4.78, 5) is 20.7. The van der Waals surface area contributed by atoms with Crippen molar-refractivity contribution in [2.45, 2.75) is 13.8 Å². The van der Waals surface area contributed by atoms with Crippen LogP contribution in [0.25, 0.3) is 0 Å². The minimum Gasteiger partial charge on any atom is -0.395 e. The Kier molecular flexibility index (Phi) is 5.88. The molecule has 0 spiro atoms. The normalized spacial score (nSPS) is 10.5. The smallest absolute Gasteiger partial charge is 0.353 e. The first-order valence-corrected chi connectivity index (χ1v) is 7.74. The molecule has 1 aromatic heterocycles. The molecule has 1 heterocycles. The van der Waals surface area contributed by atoms with Gasteiger partial charge >= 0.3 is 5.69 Å². The highest BCUT2D eigenvalue weighted by Gasteiger charge is 2.26. The molecule has 1 aromatic carbocycles. The summed E-state index contributed by atoms with van der Waals surface area (Å²) in [7, 11) is 0. The standard InChI is InChI=1S/C15H18ClN5O3/c1-3-20(7-8-22)15-13(21(23)24)14(17-9-18-15)19-12-6-4-5-11(16)10(12)2/h4-6,9,22H,3,7-8H2,1-2H3,(H,17,18,19). The van der Waals surface area contributed by atoms with Crippen LogP contribution in [0.2, 0.25) is 5.02 Å². The summed E-state index contributed by atoms with van der Waals surface area (Å²) in [6.07, 6.45) is 1.25. The number of benzene rings is 1. The maximum atomic E-state index is 11.6. The van der Waals surface area contributed by atoms with Crippen LogP contribution in [-0.2, 0) is 0 Å². The highest BCUT2D eigenvalue weighted by Crippen LogP contribution is 2.34. The predicted octanol–water partition coefficient (Wildman–Crippen LogP) is 2.91. The van der Waals surface area contributed by atoms with Crippen molar-refractivity contribution in [1.29, 1.82) is 0 Å². The maximum absolute atomic E-state index is 11.6. The van der Waals surface area contributed by atoms with Crippen molar-refractivity contribution in [2.75, 3.05) is 29.9 Å². The van der Waals surface area contributed by atoms with E-state index in [1.807, 2.05) is 13.8 Å². The third-order valence-electron chi connectivity index (χ3n) is 3.56. The van der Waals surface area contributed by atoms with Crippen molar-refractivity contribution < 1.29 is 10.0 Å². The van der Waals surface area contributed by atoms with Gasteiger partial charge in [-0.3, -0.25) is 10.1 Å². The van der Waals surface area contributed by atoms with Crippen LogP contribution < -0.4 is 10.2 Å². The molecule has 0 fully saturated rings. The third kappa shape index (κ3) is 3.72. The number of aliphatic hydroxyl groups excluding tert-OH is 1. The lowest BCUT2D eigenvalue weighted by Crippen LogP contribution is -2.28. The summed E-state index contributed by atoms with van der Waals surface area (Å²) in [6.45, 7) is 4.21. The molecular weight excluding hydrogens is 334 g/mol. The first-order chi connectivity index (χ1) is 11.5. The van der Waals surface area contributed by atoms with E-state index >= 15 is 0 Å². The van der Waals surface area contributed by atoms with Gasteiger partial charge in [0.15, 0.2) is 0 Å². The molecule has 0 saturated heterocycles. The van der Waals surface area contributed by atoms with Gasteiger partial charge in [0.05, 0.1) is 11.5 Å². The van der Waals surface area contributed by atoms with Crippen molar-refractivity contribution in [3.8, 4) is 0 Å². The highest BCUT2D eigenvalue weighted by atomic mass is 35.5. The zero-order valence-electron chi connectivity index (χ0n) is 13.4. The summed E-state index contributed by atoms with van der Waals surface area (Å²) in [5.41, 5.74) is 1.14. The number of nitrogens with zero attached hydrogens (tertiary/aromatic N) is 4. The molecule has 0 bridgehead atoms. The number of likely N-dealkylation sites (N-methyl/N-ethyl adjacent to an activating group) is 1. The lowest BCUT2D eigenvalue weighted by molar-refractivity contribution is -0.383. The molecule has 0 aliphatic carbocycles. The lowest BCUT2D eigenvalue weighted by Gasteiger charge is -2.21. The zero-order valence-corrected chi connectivity index (χ0v) is 14.1. The molecule has 0 saturated carbocycles. The van der Waals surface area contributed by atoms with E-state index in [9.17, 15) is 10.1 Å². The zero-order chi connectivity index (χ0) is 17.7. The second-order valence-electron chi connectivity index (χ2n) is 4.99. The molecule has 8 nitrogen and oxygen atoms in total. The Labute approximate surface area is 144 Å². The largest absolute Gasteiger partial charge is 0.395 e. The second kappa shape index (κ2) is 7.89. The van der Waals surface area contributed by atoms with Gasteiger partial charge in [0.2, 0.25) is 11.6 Å². The summed E-state index contributed by atoms with van der Waals surface area (Å²) in [5.74, 6) is 0.237. The molecule has 0 aliphatic rings. The monoisotopic (exact) mass is 351 g/mol. The molecule has 0 atom stereocenters. The molecule has 24 heavy (non-hydrogen) atoms. The number of aliphatic hydroxyl groups is 1. The molecule has 0 aliphatic heterocycles. The summed E-state index contributed by atoms with van der Waals surface area (Å²) < 4.78 is 0.